The van der Waals surface area contributed by atoms with Gasteiger partial charge in [0.15, 0.2) is 0 Å². The van der Waals surface area contributed by atoms with E-state index >= 15 is 0 Å². The third kappa shape index (κ3) is 5.09. The van der Waals surface area contributed by atoms with Crippen molar-refractivity contribution in [2.45, 2.75) is 64.5 Å². The molecule has 31 heavy (non-hydrogen) atoms. The molecule has 2 N–H and O–H groups in total. The van der Waals surface area contributed by atoms with E-state index in [9.17, 15) is 14.4 Å². The molecule has 1 aromatic rings. The molecule has 170 valence electrons. The van der Waals surface area contributed by atoms with Gasteiger partial charge < -0.3 is 10.6 Å². The van der Waals surface area contributed by atoms with Crippen molar-refractivity contribution in [3.05, 3.63) is 35.9 Å². The van der Waals surface area contributed by atoms with Crippen LogP contribution in [0, 0.1) is 5.92 Å². The van der Waals surface area contributed by atoms with Gasteiger partial charge in [-0.15, -0.1) is 0 Å². The average molecular weight is 429 g/mol. The molecule has 1 unspecified atom stereocenters. The minimum Gasteiger partial charge on any atom is -0.353 e. The molecule has 3 rings (SSSR count). The lowest BCUT2D eigenvalue weighted by molar-refractivity contribution is -0.136. The fraction of sp³-hybridized carbons (Fsp3) is 0.625. The number of likely N-dealkylation sites (N-methyl/N-ethyl adjacent to an activating group) is 1. The van der Waals surface area contributed by atoms with Crippen LogP contribution >= 0.6 is 0 Å². The number of urea groups is 1. The molecule has 1 aromatic carbocycles. The molecule has 1 atom stereocenters. The van der Waals surface area contributed by atoms with Gasteiger partial charge in [-0.3, -0.25) is 19.4 Å². The van der Waals surface area contributed by atoms with E-state index in [1.807, 2.05) is 18.2 Å². The highest BCUT2D eigenvalue weighted by molar-refractivity contribution is 6.09. The maximum atomic E-state index is 13.0. The smallest absolute Gasteiger partial charge is 0.325 e. The molecule has 7 heteroatoms. The van der Waals surface area contributed by atoms with Gasteiger partial charge in [-0.05, 0) is 50.3 Å². The van der Waals surface area contributed by atoms with Crippen LogP contribution in [-0.4, -0.2) is 59.4 Å². The summed E-state index contributed by atoms with van der Waals surface area (Å²) in [6, 6.07) is 9.67. The summed E-state index contributed by atoms with van der Waals surface area (Å²) >= 11 is 0. The van der Waals surface area contributed by atoms with Gasteiger partial charge in [0.25, 0.3) is 5.91 Å². The summed E-state index contributed by atoms with van der Waals surface area (Å²) < 4.78 is 0. The molecule has 7 nitrogen and oxygen atoms in total. The van der Waals surface area contributed by atoms with Crippen LogP contribution in [0.3, 0.4) is 0 Å². The number of rotatable bonds is 9. The molecular weight excluding hydrogens is 392 g/mol. The van der Waals surface area contributed by atoms with E-state index in [0.717, 1.165) is 42.8 Å². The highest BCUT2D eigenvalue weighted by Crippen LogP contribution is 2.37. The Hall–Kier alpha value is -2.41. The Kier molecular flexibility index (Phi) is 7.70. The van der Waals surface area contributed by atoms with E-state index in [1.165, 1.54) is 0 Å². The molecule has 1 heterocycles. The van der Waals surface area contributed by atoms with Crippen LogP contribution in [0.5, 0.6) is 0 Å². The van der Waals surface area contributed by atoms with E-state index in [2.05, 4.69) is 48.4 Å². The summed E-state index contributed by atoms with van der Waals surface area (Å²) in [6.07, 6.45) is 4.29. The SMILES string of the molecule is CCC1CCC2(CC1)NC(=O)N(CC(=O)NCC(c1ccccc1)N(CC)CC)C2=O. The number of amides is 4. The number of benzene rings is 1. The second-order valence-electron chi connectivity index (χ2n) is 8.71. The van der Waals surface area contributed by atoms with Crippen molar-refractivity contribution >= 4 is 17.8 Å². The normalized spacial score (nSPS) is 24.5. The molecule has 0 radical (unpaired) electrons. The lowest BCUT2D eigenvalue weighted by atomic mass is 9.75. The maximum absolute atomic E-state index is 13.0. The predicted octanol–water partition coefficient (Wildman–Crippen LogP) is 3.08. The zero-order valence-corrected chi connectivity index (χ0v) is 19.0. The van der Waals surface area contributed by atoms with Gasteiger partial charge in [0.2, 0.25) is 5.91 Å². The molecule has 4 amide bonds. The Labute approximate surface area is 185 Å². The molecular formula is C24H36N4O3. The first-order chi connectivity index (χ1) is 14.9. The minimum atomic E-state index is -0.809. The Bertz CT molecular complexity index is 770. The Morgan fingerprint density at radius 3 is 2.39 bits per heavy atom. The van der Waals surface area contributed by atoms with Gasteiger partial charge in [0.1, 0.15) is 12.1 Å². The van der Waals surface area contributed by atoms with Crippen molar-refractivity contribution in [1.29, 1.82) is 0 Å². The van der Waals surface area contributed by atoms with Crippen molar-refractivity contribution in [2.24, 2.45) is 5.92 Å². The standard InChI is InChI=1S/C24H36N4O3/c1-4-18-12-14-24(15-13-18)22(30)28(23(31)26-24)17-21(29)25-16-20(27(5-2)6-3)19-10-8-7-9-11-19/h7-11,18,20H,4-6,12-17H2,1-3H3,(H,25,29)(H,26,31). The Morgan fingerprint density at radius 2 is 1.81 bits per heavy atom. The van der Waals surface area contributed by atoms with Gasteiger partial charge in [-0.25, -0.2) is 4.79 Å². The van der Waals surface area contributed by atoms with Crippen molar-refractivity contribution in [3.8, 4) is 0 Å². The number of hydrogen-bond acceptors (Lipinski definition) is 4. The highest BCUT2D eigenvalue weighted by Gasteiger charge is 2.52. The number of imide groups is 1. The van der Waals surface area contributed by atoms with Crippen molar-refractivity contribution in [3.63, 3.8) is 0 Å². The summed E-state index contributed by atoms with van der Waals surface area (Å²) in [5.74, 6) is 0.0594. The third-order valence-corrected chi connectivity index (χ3v) is 7.01. The van der Waals surface area contributed by atoms with Crippen LogP contribution in [0.1, 0.15) is 64.5 Å². The van der Waals surface area contributed by atoms with Crippen LogP contribution in [0.15, 0.2) is 30.3 Å². The largest absolute Gasteiger partial charge is 0.353 e. The van der Waals surface area contributed by atoms with Gasteiger partial charge >= 0.3 is 6.03 Å². The Morgan fingerprint density at radius 1 is 1.16 bits per heavy atom. The monoisotopic (exact) mass is 428 g/mol. The Balaban J connectivity index is 1.60. The molecule has 1 aliphatic heterocycles. The zero-order valence-electron chi connectivity index (χ0n) is 19.0. The molecule has 1 saturated carbocycles. The molecule has 1 spiro atoms. The highest BCUT2D eigenvalue weighted by atomic mass is 16.2. The van der Waals surface area contributed by atoms with Crippen LogP contribution in [0.4, 0.5) is 4.79 Å². The van der Waals surface area contributed by atoms with Crippen LogP contribution in [-0.2, 0) is 9.59 Å². The van der Waals surface area contributed by atoms with Gasteiger partial charge in [-0.2, -0.15) is 0 Å². The summed E-state index contributed by atoms with van der Waals surface area (Å²) in [7, 11) is 0. The summed E-state index contributed by atoms with van der Waals surface area (Å²) in [6.45, 7) is 8.28. The lowest BCUT2D eigenvalue weighted by Crippen LogP contribution is -2.50. The molecule has 1 aliphatic carbocycles. The minimum absolute atomic E-state index is 0.0407. The van der Waals surface area contributed by atoms with Gasteiger partial charge in [-0.1, -0.05) is 57.5 Å². The molecule has 2 aliphatic rings. The lowest BCUT2D eigenvalue weighted by Gasteiger charge is -2.34. The number of carbonyl (C=O) groups is 3. The van der Waals surface area contributed by atoms with Crippen molar-refractivity contribution < 1.29 is 14.4 Å². The van der Waals surface area contributed by atoms with Crippen LogP contribution < -0.4 is 10.6 Å². The molecule has 2 fully saturated rings. The maximum Gasteiger partial charge on any atom is 0.325 e. The summed E-state index contributed by atoms with van der Waals surface area (Å²) in [5.41, 5.74) is 0.324. The number of nitrogens with one attached hydrogen (secondary N) is 2. The zero-order chi connectivity index (χ0) is 22.4. The fourth-order valence-electron chi connectivity index (χ4n) is 4.94. The second kappa shape index (κ2) is 10.3. The van der Waals surface area contributed by atoms with E-state index in [4.69, 9.17) is 0 Å². The van der Waals surface area contributed by atoms with Crippen molar-refractivity contribution in [1.82, 2.24) is 20.4 Å². The molecule has 1 saturated heterocycles. The van der Waals surface area contributed by atoms with E-state index in [0.29, 0.717) is 25.3 Å². The second-order valence-corrected chi connectivity index (χ2v) is 8.71. The number of carbonyl (C=O) groups excluding carboxylic acids is 3. The first-order valence-corrected chi connectivity index (χ1v) is 11.6. The predicted molar refractivity (Wildman–Crippen MR) is 120 cm³/mol. The molecule has 0 aromatic heterocycles. The van der Waals surface area contributed by atoms with Crippen LogP contribution in [0.2, 0.25) is 0 Å². The van der Waals surface area contributed by atoms with Crippen molar-refractivity contribution in [2.75, 3.05) is 26.2 Å². The summed E-state index contributed by atoms with van der Waals surface area (Å²) in [5, 5.41) is 5.85. The van der Waals surface area contributed by atoms with E-state index in [1.54, 1.807) is 0 Å². The van der Waals surface area contributed by atoms with E-state index in [-0.39, 0.29) is 24.4 Å². The number of hydrogen-bond donors (Lipinski definition) is 2. The first-order valence-electron chi connectivity index (χ1n) is 11.6. The third-order valence-electron chi connectivity index (χ3n) is 7.01. The molecule has 0 bridgehead atoms. The average Bonchev–Trinajstić information content (AvgIpc) is 3.01. The topological polar surface area (TPSA) is 81.8 Å². The first kappa shape index (κ1) is 23.3. The fourth-order valence-corrected chi connectivity index (χ4v) is 4.94. The van der Waals surface area contributed by atoms with Gasteiger partial charge in [0, 0.05) is 6.54 Å². The van der Waals surface area contributed by atoms with E-state index < -0.39 is 11.6 Å². The summed E-state index contributed by atoms with van der Waals surface area (Å²) in [4.78, 5) is 41.6. The van der Waals surface area contributed by atoms with Gasteiger partial charge in [0.05, 0.1) is 6.04 Å². The van der Waals surface area contributed by atoms with Crippen LogP contribution in [0.25, 0.3) is 0 Å². The number of nitrogens with zero attached hydrogens (tertiary/aromatic N) is 2. The quantitative estimate of drug-likeness (QED) is 0.592.